The van der Waals surface area contributed by atoms with Crippen molar-refractivity contribution in [2.75, 3.05) is 27.2 Å². The van der Waals surface area contributed by atoms with E-state index in [0.29, 0.717) is 17.9 Å². The van der Waals surface area contributed by atoms with Gasteiger partial charge >= 0.3 is 5.97 Å². The van der Waals surface area contributed by atoms with Gasteiger partial charge in [-0.1, -0.05) is 26.0 Å². The number of aromatic carboxylic acids is 1. The lowest BCUT2D eigenvalue weighted by molar-refractivity contribution is 0.0694. The Hall–Kier alpha value is -2.42. The van der Waals surface area contributed by atoms with Crippen LogP contribution in [0.3, 0.4) is 0 Å². The number of ether oxygens (including phenoxy) is 1. The summed E-state index contributed by atoms with van der Waals surface area (Å²) in [6.45, 7) is 6.21. The second-order valence-electron chi connectivity index (χ2n) is 6.65. The van der Waals surface area contributed by atoms with Crippen molar-refractivity contribution < 1.29 is 23.1 Å². The minimum atomic E-state index is -3.79. The van der Waals surface area contributed by atoms with E-state index in [4.69, 9.17) is 4.74 Å². The molecule has 1 N–H and O–H groups in total. The van der Waals surface area contributed by atoms with Gasteiger partial charge < -0.3 is 9.84 Å². The van der Waals surface area contributed by atoms with Crippen LogP contribution in [0.1, 0.15) is 35.3 Å². The molecule has 0 spiro atoms. The average Bonchev–Trinajstić information content (AvgIpc) is 2.72. The number of benzene rings is 2. The molecule has 0 heterocycles. The molecule has 2 aromatic rings. The van der Waals surface area contributed by atoms with E-state index in [1.807, 2.05) is 19.9 Å². The summed E-state index contributed by atoms with van der Waals surface area (Å²) in [5, 5.41) is 9.63. The summed E-state index contributed by atoms with van der Waals surface area (Å²) in [4.78, 5) is 14.1. The first kappa shape index (κ1) is 22.9. The Balaban J connectivity index is 2.40. The van der Waals surface area contributed by atoms with Crippen LogP contribution in [-0.4, -0.2) is 55.9 Å². The number of carboxylic acids is 1. The molecule has 0 unspecified atom stereocenters. The highest BCUT2D eigenvalue weighted by molar-refractivity contribution is 7.89. The molecule has 0 aliphatic heterocycles. The molecule has 0 amide bonds. The lowest BCUT2D eigenvalue weighted by Crippen LogP contribution is -2.29. The first-order valence-electron chi connectivity index (χ1n) is 9.41. The van der Waals surface area contributed by atoms with Crippen LogP contribution < -0.4 is 4.74 Å². The minimum Gasteiger partial charge on any atom is -0.497 e. The molecular formula is C21H28N2O5S. The fraction of sp³-hybridized carbons (Fsp3) is 0.381. The monoisotopic (exact) mass is 420 g/mol. The zero-order valence-corrected chi connectivity index (χ0v) is 18.1. The van der Waals surface area contributed by atoms with E-state index in [2.05, 4.69) is 4.90 Å². The van der Waals surface area contributed by atoms with Gasteiger partial charge in [-0.25, -0.2) is 13.2 Å². The third-order valence-corrected chi connectivity index (χ3v) is 6.76. The Bertz CT molecular complexity index is 938. The predicted octanol–water partition coefficient (Wildman–Crippen LogP) is 3.06. The topological polar surface area (TPSA) is 87.2 Å². The van der Waals surface area contributed by atoms with E-state index >= 15 is 0 Å². The Morgan fingerprint density at radius 2 is 1.66 bits per heavy atom. The molecule has 0 aliphatic rings. The first-order valence-corrected chi connectivity index (χ1v) is 10.8. The molecule has 29 heavy (non-hydrogen) atoms. The van der Waals surface area contributed by atoms with Crippen LogP contribution in [0.2, 0.25) is 0 Å². The van der Waals surface area contributed by atoms with Crippen molar-refractivity contribution in [2.45, 2.75) is 31.8 Å². The van der Waals surface area contributed by atoms with Gasteiger partial charge in [0.25, 0.3) is 0 Å². The van der Waals surface area contributed by atoms with Crippen molar-refractivity contribution in [2.24, 2.45) is 0 Å². The van der Waals surface area contributed by atoms with Gasteiger partial charge in [-0.05, 0) is 54.5 Å². The van der Waals surface area contributed by atoms with Crippen LogP contribution in [0.5, 0.6) is 5.75 Å². The molecule has 0 saturated heterocycles. The Morgan fingerprint density at radius 1 is 1.03 bits per heavy atom. The second-order valence-corrected chi connectivity index (χ2v) is 8.69. The maximum absolute atomic E-state index is 13.0. The quantitative estimate of drug-likeness (QED) is 0.636. The number of carboxylic acid groups (broad SMARTS) is 1. The van der Waals surface area contributed by atoms with Crippen LogP contribution in [0.25, 0.3) is 0 Å². The highest BCUT2D eigenvalue weighted by Gasteiger charge is 2.24. The number of methoxy groups -OCH3 is 1. The number of hydrogen-bond donors (Lipinski definition) is 1. The van der Waals surface area contributed by atoms with Crippen LogP contribution in [0, 0.1) is 0 Å². The van der Waals surface area contributed by atoms with Crippen LogP contribution in [0.15, 0.2) is 47.4 Å². The first-order chi connectivity index (χ1) is 13.7. The van der Waals surface area contributed by atoms with Crippen molar-refractivity contribution in [3.8, 4) is 5.75 Å². The molecule has 0 fully saturated rings. The van der Waals surface area contributed by atoms with E-state index in [-0.39, 0.29) is 17.0 Å². The van der Waals surface area contributed by atoms with Gasteiger partial charge in [0.05, 0.1) is 17.6 Å². The van der Waals surface area contributed by atoms with E-state index in [1.54, 1.807) is 18.2 Å². The summed E-state index contributed by atoms with van der Waals surface area (Å²) < 4.78 is 32.2. The van der Waals surface area contributed by atoms with Gasteiger partial charge in [0.15, 0.2) is 0 Å². The molecule has 158 valence electrons. The molecule has 2 aromatic carbocycles. The maximum Gasteiger partial charge on any atom is 0.336 e. The largest absolute Gasteiger partial charge is 0.497 e. The zero-order valence-electron chi connectivity index (χ0n) is 17.3. The van der Waals surface area contributed by atoms with Gasteiger partial charge in [0.1, 0.15) is 5.75 Å². The predicted molar refractivity (Wildman–Crippen MR) is 112 cm³/mol. The summed E-state index contributed by atoms with van der Waals surface area (Å²) in [6, 6.07) is 11.2. The molecule has 7 nitrogen and oxygen atoms in total. The molecule has 0 bridgehead atoms. The third-order valence-electron chi connectivity index (χ3n) is 4.94. The molecule has 0 aliphatic carbocycles. The van der Waals surface area contributed by atoms with E-state index in [1.165, 1.54) is 36.7 Å². The summed E-state index contributed by atoms with van der Waals surface area (Å²) in [7, 11) is -0.822. The third kappa shape index (κ3) is 5.35. The molecule has 0 atom stereocenters. The van der Waals surface area contributed by atoms with Gasteiger partial charge in [-0.15, -0.1) is 0 Å². The normalized spacial score (nSPS) is 11.8. The van der Waals surface area contributed by atoms with Crippen molar-refractivity contribution in [3.05, 3.63) is 59.2 Å². The fourth-order valence-electron chi connectivity index (χ4n) is 3.09. The highest BCUT2D eigenvalue weighted by atomic mass is 32.2. The van der Waals surface area contributed by atoms with Crippen molar-refractivity contribution in [3.63, 3.8) is 0 Å². The lowest BCUT2D eigenvalue weighted by Gasteiger charge is -2.24. The standard InChI is InChI=1S/C21H28N2O5S/c1-5-23(6-2)14-16-8-7-9-19(21(24)25)20(16)15-22(3)29(26,27)18-12-10-17(28-4)11-13-18/h7-13H,5-6,14-15H2,1-4H3,(H,24,25). The van der Waals surface area contributed by atoms with E-state index in [0.717, 1.165) is 18.7 Å². The molecule has 0 saturated carbocycles. The van der Waals surface area contributed by atoms with Crippen molar-refractivity contribution in [1.82, 2.24) is 9.21 Å². The fourth-order valence-corrected chi connectivity index (χ4v) is 4.23. The summed E-state index contributed by atoms with van der Waals surface area (Å²) >= 11 is 0. The van der Waals surface area contributed by atoms with E-state index in [9.17, 15) is 18.3 Å². The van der Waals surface area contributed by atoms with Crippen molar-refractivity contribution >= 4 is 16.0 Å². The molecule has 8 heteroatoms. The second kappa shape index (κ2) is 9.87. The maximum atomic E-state index is 13.0. The lowest BCUT2D eigenvalue weighted by atomic mass is 10.00. The van der Waals surface area contributed by atoms with Crippen molar-refractivity contribution in [1.29, 1.82) is 0 Å². The van der Waals surface area contributed by atoms with Gasteiger partial charge in [-0.3, -0.25) is 4.90 Å². The Morgan fingerprint density at radius 3 is 2.17 bits per heavy atom. The highest BCUT2D eigenvalue weighted by Crippen LogP contribution is 2.24. The minimum absolute atomic E-state index is 0.0343. The van der Waals surface area contributed by atoms with Crippen LogP contribution in [-0.2, 0) is 23.1 Å². The molecular weight excluding hydrogens is 392 g/mol. The Kier molecular flexibility index (Phi) is 7.78. The van der Waals surface area contributed by atoms with Gasteiger partial charge in [-0.2, -0.15) is 4.31 Å². The number of rotatable bonds is 10. The van der Waals surface area contributed by atoms with E-state index < -0.39 is 16.0 Å². The molecule has 0 radical (unpaired) electrons. The van der Waals surface area contributed by atoms with Gasteiger partial charge in [0, 0.05) is 20.1 Å². The smallest absolute Gasteiger partial charge is 0.336 e. The van der Waals surface area contributed by atoms with Crippen LogP contribution in [0.4, 0.5) is 0 Å². The zero-order chi connectivity index (χ0) is 21.6. The number of nitrogens with zero attached hydrogens (tertiary/aromatic N) is 2. The van der Waals surface area contributed by atoms with Crippen LogP contribution >= 0.6 is 0 Å². The number of sulfonamides is 1. The Labute approximate surface area is 172 Å². The SMILES string of the molecule is CCN(CC)Cc1cccc(C(=O)O)c1CN(C)S(=O)(=O)c1ccc(OC)cc1. The summed E-state index contributed by atoms with van der Waals surface area (Å²) in [5.74, 6) is -0.513. The summed E-state index contributed by atoms with van der Waals surface area (Å²) in [5.41, 5.74) is 1.43. The van der Waals surface area contributed by atoms with Gasteiger partial charge in [0.2, 0.25) is 10.0 Å². The number of carbonyl (C=O) groups is 1. The average molecular weight is 421 g/mol. The summed E-state index contributed by atoms with van der Waals surface area (Å²) in [6.07, 6.45) is 0. The number of hydrogen-bond acceptors (Lipinski definition) is 5. The molecule has 0 aromatic heterocycles. The molecule has 2 rings (SSSR count).